The number of rotatable bonds is 4. The zero-order valence-corrected chi connectivity index (χ0v) is 13.4. The first-order chi connectivity index (χ1) is 11.6. The van der Waals surface area contributed by atoms with E-state index in [0.29, 0.717) is 30.6 Å². The van der Waals surface area contributed by atoms with Gasteiger partial charge in [0.25, 0.3) is 11.5 Å². The first-order valence-electron chi connectivity index (χ1n) is 8.07. The van der Waals surface area contributed by atoms with Crippen molar-refractivity contribution in [1.82, 2.24) is 19.4 Å². The van der Waals surface area contributed by atoms with Crippen LogP contribution in [0.15, 0.2) is 35.5 Å². The molecule has 0 N–H and O–H groups in total. The lowest BCUT2D eigenvalue weighted by Crippen LogP contribution is -2.56. The van der Waals surface area contributed by atoms with Crippen LogP contribution in [0, 0.1) is 6.92 Å². The molecule has 4 rings (SSSR count). The number of likely N-dealkylation sites (tertiary alicyclic amines) is 1. The second-order valence-electron chi connectivity index (χ2n) is 6.31. The van der Waals surface area contributed by atoms with Crippen molar-refractivity contribution in [3.05, 3.63) is 52.5 Å². The Balaban J connectivity index is 1.38. The summed E-state index contributed by atoms with van der Waals surface area (Å²) in [5.41, 5.74) is 1.24. The van der Waals surface area contributed by atoms with Gasteiger partial charge in [0, 0.05) is 30.2 Å². The van der Waals surface area contributed by atoms with Crippen LogP contribution >= 0.6 is 0 Å². The van der Waals surface area contributed by atoms with E-state index in [0.717, 1.165) is 18.5 Å². The largest absolute Gasteiger partial charge is 0.486 e. The van der Waals surface area contributed by atoms with E-state index in [-0.39, 0.29) is 17.6 Å². The Bertz CT molecular complexity index is 823. The van der Waals surface area contributed by atoms with Gasteiger partial charge in [0.05, 0.1) is 19.3 Å². The molecule has 1 aliphatic heterocycles. The average molecular weight is 326 g/mol. The van der Waals surface area contributed by atoms with Crippen molar-refractivity contribution in [2.24, 2.45) is 0 Å². The van der Waals surface area contributed by atoms with Crippen LogP contribution in [-0.2, 0) is 0 Å². The summed E-state index contributed by atoms with van der Waals surface area (Å²) in [6, 6.07) is 3.79. The summed E-state index contributed by atoms with van der Waals surface area (Å²) in [5.74, 6) is 0.425. The fourth-order valence-electron chi connectivity index (χ4n) is 2.99. The lowest BCUT2D eigenvalue weighted by atomic mass is 10.1. The minimum atomic E-state index is -0.150. The van der Waals surface area contributed by atoms with E-state index in [1.54, 1.807) is 11.0 Å². The molecule has 124 valence electrons. The Morgan fingerprint density at radius 1 is 1.25 bits per heavy atom. The molecular weight excluding hydrogens is 308 g/mol. The van der Waals surface area contributed by atoms with E-state index in [1.165, 1.54) is 18.6 Å². The van der Waals surface area contributed by atoms with Gasteiger partial charge in [0.2, 0.25) is 0 Å². The molecular formula is C17H18N4O3. The van der Waals surface area contributed by atoms with E-state index in [9.17, 15) is 9.59 Å². The summed E-state index contributed by atoms with van der Waals surface area (Å²) >= 11 is 0. The van der Waals surface area contributed by atoms with Gasteiger partial charge < -0.3 is 14.2 Å². The molecule has 0 unspecified atom stereocenters. The number of ether oxygens (including phenoxy) is 1. The lowest BCUT2D eigenvalue weighted by Gasteiger charge is -2.38. The maximum Gasteiger partial charge on any atom is 0.274 e. The van der Waals surface area contributed by atoms with Gasteiger partial charge >= 0.3 is 0 Å². The number of aryl methyl sites for hydroxylation is 1. The van der Waals surface area contributed by atoms with Gasteiger partial charge in [-0.15, -0.1) is 0 Å². The highest BCUT2D eigenvalue weighted by Gasteiger charge is 2.34. The van der Waals surface area contributed by atoms with Crippen molar-refractivity contribution in [3.8, 4) is 5.75 Å². The smallest absolute Gasteiger partial charge is 0.274 e. The predicted octanol–water partition coefficient (Wildman–Crippen LogP) is 1.19. The molecule has 1 aliphatic carbocycles. The fraction of sp³-hybridized carbons (Fsp3) is 0.412. The van der Waals surface area contributed by atoms with E-state index in [2.05, 4.69) is 9.97 Å². The number of aromatic nitrogens is 3. The van der Waals surface area contributed by atoms with Gasteiger partial charge in [0.1, 0.15) is 17.5 Å². The highest BCUT2D eigenvalue weighted by atomic mass is 16.5. The lowest BCUT2D eigenvalue weighted by molar-refractivity contribution is 0.0172. The van der Waals surface area contributed by atoms with Crippen molar-refractivity contribution in [3.63, 3.8) is 0 Å². The van der Waals surface area contributed by atoms with Crippen LogP contribution in [0.3, 0.4) is 0 Å². The quantitative estimate of drug-likeness (QED) is 0.843. The zero-order chi connectivity index (χ0) is 16.7. The highest BCUT2D eigenvalue weighted by molar-refractivity contribution is 5.92. The fourth-order valence-corrected chi connectivity index (χ4v) is 2.99. The van der Waals surface area contributed by atoms with Gasteiger partial charge in [-0.3, -0.25) is 14.6 Å². The second kappa shape index (κ2) is 5.74. The molecule has 0 aromatic carbocycles. The highest BCUT2D eigenvalue weighted by Crippen LogP contribution is 2.35. The van der Waals surface area contributed by atoms with Crippen molar-refractivity contribution >= 4 is 5.91 Å². The molecule has 2 fully saturated rings. The molecule has 1 saturated heterocycles. The average Bonchev–Trinajstić information content (AvgIpc) is 3.35. The van der Waals surface area contributed by atoms with Crippen LogP contribution in [0.4, 0.5) is 0 Å². The topological polar surface area (TPSA) is 77.3 Å². The first-order valence-corrected chi connectivity index (χ1v) is 8.07. The summed E-state index contributed by atoms with van der Waals surface area (Å²) in [4.78, 5) is 33.9. The summed E-state index contributed by atoms with van der Waals surface area (Å²) in [5, 5.41) is 0. The van der Waals surface area contributed by atoms with Crippen molar-refractivity contribution < 1.29 is 9.53 Å². The maximum atomic E-state index is 12.2. The van der Waals surface area contributed by atoms with Crippen molar-refractivity contribution in [2.45, 2.75) is 31.9 Å². The first kappa shape index (κ1) is 14.9. The third-order valence-electron chi connectivity index (χ3n) is 4.37. The number of amides is 1. The molecule has 0 radical (unpaired) electrons. The normalized spacial score (nSPS) is 17.5. The van der Waals surface area contributed by atoms with Crippen LogP contribution in [0.25, 0.3) is 0 Å². The minimum Gasteiger partial charge on any atom is -0.486 e. The van der Waals surface area contributed by atoms with Crippen LogP contribution < -0.4 is 10.3 Å². The number of hydrogen-bond acceptors (Lipinski definition) is 5. The van der Waals surface area contributed by atoms with E-state index < -0.39 is 0 Å². The molecule has 3 heterocycles. The number of hydrogen-bond donors (Lipinski definition) is 0. The minimum absolute atomic E-state index is 0.0145. The Labute approximate surface area is 138 Å². The Morgan fingerprint density at radius 3 is 2.67 bits per heavy atom. The maximum absolute atomic E-state index is 12.2. The molecule has 0 atom stereocenters. The zero-order valence-electron chi connectivity index (χ0n) is 13.4. The van der Waals surface area contributed by atoms with Gasteiger partial charge in [-0.25, -0.2) is 4.98 Å². The Morgan fingerprint density at radius 2 is 2.04 bits per heavy atom. The van der Waals surface area contributed by atoms with E-state index in [1.807, 2.05) is 17.6 Å². The molecule has 1 amide bonds. The SMILES string of the molecule is Cc1cc(OC2CN(C(=O)c3cnccn3)C2)cc(=O)n1C1CC1. The van der Waals surface area contributed by atoms with Crippen LogP contribution in [0.1, 0.15) is 35.1 Å². The van der Waals surface area contributed by atoms with E-state index in [4.69, 9.17) is 4.74 Å². The molecule has 0 bridgehead atoms. The van der Waals surface area contributed by atoms with E-state index >= 15 is 0 Å². The molecule has 2 aromatic heterocycles. The van der Waals surface area contributed by atoms with Gasteiger partial charge in [-0.1, -0.05) is 0 Å². The Kier molecular flexibility index (Phi) is 3.55. The van der Waals surface area contributed by atoms with Gasteiger partial charge in [-0.2, -0.15) is 0 Å². The summed E-state index contributed by atoms with van der Waals surface area (Å²) in [6.07, 6.45) is 6.54. The van der Waals surface area contributed by atoms with Crippen LogP contribution in [0.5, 0.6) is 5.75 Å². The Hall–Kier alpha value is -2.70. The third-order valence-corrected chi connectivity index (χ3v) is 4.37. The summed E-state index contributed by atoms with van der Waals surface area (Å²) in [6.45, 7) is 2.90. The van der Waals surface area contributed by atoms with Crippen molar-refractivity contribution in [2.75, 3.05) is 13.1 Å². The molecule has 7 heteroatoms. The van der Waals surface area contributed by atoms with Crippen molar-refractivity contribution in [1.29, 1.82) is 0 Å². The number of pyridine rings is 1. The molecule has 1 saturated carbocycles. The molecule has 2 aromatic rings. The van der Waals surface area contributed by atoms with Gasteiger partial charge in [-0.05, 0) is 25.8 Å². The number of nitrogens with zero attached hydrogens (tertiary/aromatic N) is 4. The predicted molar refractivity (Wildman–Crippen MR) is 86.1 cm³/mol. The molecule has 2 aliphatic rings. The monoisotopic (exact) mass is 326 g/mol. The number of carbonyl (C=O) groups excluding carboxylic acids is 1. The number of carbonyl (C=O) groups is 1. The standard InChI is InChI=1S/C17H18N4O3/c1-11-6-13(7-16(22)21(11)12-2-3-12)24-14-9-20(10-14)17(23)15-8-18-4-5-19-15/h4-8,12,14H,2-3,9-10H2,1H3. The van der Waals surface area contributed by atoms with Gasteiger partial charge in [0.15, 0.2) is 0 Å². The molecule has 24 heavy (non-hydrogen) atoms. The third kappa shape index (κ3) is 2.77. The second-order valence-corrected chi connectivity index (χ2v) is 6.31. The molecule has 7 nitrogen and oxygen atoms in total. The van der Waals surface area contributed by atoms with Crippen LogP contribution in [-0.4, -0.2) is 44.5 Å². The molecule has 0 spiro atoms. The summed E-state index contributed by atoms with van der Waals surface area (Å²) in [7, 11) is 0. The summed E-state index contributed by atoms with van der Waals surface area (Å²) < 4.78 is 7.67. The van der Waals surface area contributed by atoms with Crippen LogP contribution in [0.2, 0.25) is 0 Å².